The van der Waals surface area contributed by atoms with Crippen LogP contribution in [0.2, 0.25) is 0 Å². The number of carbonyl (C=O) groups is 1. The number of rotatable bonds is 5. The molecule has 0 spiro atoms. The van der Waals surface area contributed by atoms with Gasteiger partial charge in [-0.3, -0.25) is 0 Å². The Bertz CT molecular complexity index is 1180. The van der Waals surface area contributed by atoms with Crippen LogP contribution in [0.1, 0.15) is 21.7 Å². The second-order valence-electron chi connectivity index (χ2n) is 6.37. The van der Waals surface area contributed by atoms with Crippen molar-refractivity contribution >= 4 is 16.9 Å². The van der Waals surface area contributed by atoms with Gasteiger partial charge in [-0.15, -0.1) is 0 Å². The molecular formula is C22H17FN2O3. The number of nitrogens with one attached hydrogen (secondary N) is 1. The molecule has 0 amide bonds. The number of pyridine rings is 1. The number of hydrogen-bond acceptors (Lipinski definition) is 3. The molecule has 2 N–H and O–H groups in total. The van der Waals surface area contributed by atoms with E-state index in [2.05, 4.69) is 9.97 Å². The zero-order valence-corrected chi connectivity index (χ0v) is 15.1. The Hall–Kier alpha value is -3.67. The van der Waals surface area contributed by atoms with Gasteiger partial charge in [-0.05, 0) is 42.0 Å². The third-order valence-corrected chi connectivity index (χ3v) is 4.64. The molecule has 0 saturated heterocycles. The maximum atomic E-state index is 14.5. The van der Waals surface area contributed by atoms with Gasteiger partial charge < -0.3 is 14.8 Å². The van der Waals surface area contributed by atoms with Gasteiger partial charge in [0.15, 0.2) is 0 Å². The van der Waals surface area contributed by atoms with Gasteiger partial charge in [-0.25, -0.2) is 14.2 Å². The molecule has 2 heterocycles. The number of ether oxygens (including phenoxy) is 1. The average Bonchev–Trinajstić information content (AvgIpc) is 3.05. The Labute approximate surface area is 160 Å². The molecule has 28 heavy (non-hydrogen) atoms. The van der Waals surface area contributed by atoms with E-state index in [9.17, 15) is 14.3 Å². The summed E-state index contributed by atoms with van der Waals surface area (Å²) in [6.45, 7) is 0. The summed E-state index contributed by atoms with van der Waals surface area (Å²) in [5.41, 5.74) is 3.31. The molecule has 0 aliphatic heterocycles. The molecule has 0 bridgehead atoms. The number of H-pyrrole nitrogens is 1. The van der Waals surface area contributed by atoms with Crippen molar-refractivity contribution in [1.29, 1.82) is 0 Å². The van der Waals surface area contributed by atoms with Gasteiger partial charge in [-0.2, -0.15) is 0 Å². The van der Waals surface area contributed by atoms with Crippen molar-refractivity contribution in [3.8, 4) is 17.0 Å². The van der Waals surface area contributed by atoms with E-state index in [-0.39, 0.29) is 11.5 Å². The van der Waals surface area contributed by atoms with E-state index in [0.717, 1.165) is 16.5 Å². The number of fused-ring (bicyclic) bond motifs is 1. The molecule has 0 unspecified atom stereocenters. The SMILES string of the molecule is COc1ccc2c(Cc3cccc(C(=O)O)n3)c(-c3ccccc3F)[nH]c2c1. The summed E-state index contributed by atoms with van der Waals surface area (Å²) in [6, 6.07) is 17.0. The van der Waals surface area contributed by atoms with E-state index < -0.39 is 5.97 Å². The van der Waals surface area contributed by atoms with Crippen LogP contribution in [0, 0.1) is 5.82 Å². The van der Waals surface area contributed by atoms with Crippen molar-refractivity contribution < 1.29 is 19.0 Å². The van der Waals surface area contributed by atoms with Crippen molar-refractivity contribution in [3.05, 3.63) is 83.4 Å². The lowest BCUT2D eigenvalue weighted by Gasteiger charge is -2.07. The molecule has 4 aromatic rings. The quantitative estimate of drug-likeness (QED) is 0.531. The minimum absolute atomic E-state index is 0.0218. The van der Waals surface area contributed by atoms with Gasteiger partial charge in [0, 0.05) is 34.6 Å². The highest BCUT2D eigenvalue weighted by molar-refractivity contribution is 5.92. The van der Waals surface area contributed by atoms with Crippen molar-refractivity contribution in [2.24, 2.45) is 0 Å². The van der Waals surface area contributed by atoms with E-state index in [0.29, 0.717) is 29.1 Å². The fourth-order valence-electron chi connectivity index (χ4n) is 3.32. The predicted octanol–water partition coefficient (Wildman–Crippen LogP) is 4.67. The normalized spacial score (nSPS) is 10.9. The third-order valence-electron chi connectivity index (χ3n) is 4.64. The topological polar surface area (TPSA) is 75.2 Å². The summed E-state index contributed by atoms with van der Waals surface area (Å²) in [7, 11) is 1.59. The van der Waals surface area contributed by atoms with Crippen molar-refractivity contribution in [2.45, 2.75) is 6.42 Å². The molecule has 4 rings (SSSR count). The first-order chi connectivity index (χ1) is 13.6. The van der Waals surface area contributed by atoms with E-state index in [1.165, 1.54) is 12.1 Å². The first-order valence-corrected chi connectivity index (χ1v) is 8.69. The van der Waals surface area contributed by atoms with Gasteiger partial charge >= 0.3 is 5.97 Å². The second kappa shape index (κ2) is 7.15. The number of methoxy groups -OCH3 is 1. The monoisotopic (exact) mass is 376 g/mol. The first kappa shape index (κ1) is 17.7. The van der Waals surface area contributed by atoms with Crippen molar-refractivity contribution in [1.82, 2.24) is 9.97 Å². The summed E-state index contributed by atoms with van der Waals surface area (Å²) < 4.78 is 19.8. The Morgan fingerprint density at radius 3 is 2.71 bits per heavy atom. The predicted molar refractivity (Wildman–Crippen MR) is 104 cm³/mol. The molecular weight excluding hydrogens is 359 g/mol. The number of halogens is 1. The molecule has 0 atom stereocenters. The fraction of sp³-hybridized carbons (Fsp3) is 0.0909. The lowest BCUT2D eigenvalue weighted by atomic mass is 10.0. The van der Waals surface area contributed by atoms with Crippen molar-refractivity contribution in [2.75, 3.05) is 7.11 Å². The maximum Gasteiger partial charge on any atom is 0.354 e. The summed E-state index contributed by atoms with van der Waals surface area (Å²) in [5, 5.41) is 10.1. The zero-order chi connectivity index (χ0) is 19.7. The highest BCUT2D eigenvalue weighted by atomic mass is 19.1. The van der Waals surface area contributed by atoms with E-state index in [1.807, 2.05) is 18.2 Å². The number of carboxylic acid groups (broad SMARTS) is 1. The van der Waals surface area contributed by atoms with Crippen LogP contribution in [0.15, 0.2) is 60.7 Å². The van der Waals surface area contributed by atoms with Crippen LogP contribution in [0.25, 0.3) is 22.2 Å². The van der Waals surface area contributed by atoms with E-state index in [4.69, 9.17) is 4.74 Å². The molecule has 0 radical (unpaired) electrons. The average molecular weight is 376 g/mol. The van der Waals surface area contributed by atoms with E-state index in [1.54, 1.807) is 37.4 Å². The largest absolute Gasteiger partial charge is 0.497 e. The van der Waals surface area contributed by atoms with E-state index >= 15 is 0 Å². The van der Waals surface area contributed by atoms with Crippen LogP contribution >= 0.6 is 0 Å². The van der Waals surface area contributed by atoms with Crippen LogP contribution in [0.5, 0.6) is 5.75 Å². The number of hydrogen-bond donors (Lipinski definition) is 2. The molecule has 2 aromatic heterocycles. The third kappa shape index (κ3) is 3.20. The molecule has 0 fully saturated rings. The van der Waals surface area contributed by atoms with Gasteiger partial charge in [0.1, 0.15) is 17.3 Å². The molecule has 2 aromatic carbocycles. The molecule has 140 valence electrons. The Kier molecular flexibility index (Phi) is 4.53. The minimum atomic E-state index is -1.08. The number of aromatic carboxylic acids is 1. The smallest absolute Gasteiger partial charge is 0.354 e. The van der Waals surface area contributed by atoms with Gasteiger partial charge in [-0.1, -0.05) is 18.2 Å². The van der Waals surface area contributed by atoms with Crippen molar-refractivity contribution in [3.63, 3.8) is 0 Å². The molecule has 6 heteroatoms. The van der Waals surface area contributed by atoms with Gasteiger partial charge in [0.2, 0.25) is 0 Å². The van der Waals surface area contributed by atoms with Gasteiger partial charge in [0.05, 0.1) is 12.8 Å². The van der Waals surface area contributed by atoms with Crippen LogP contribution in [0.3, 0.4) is 0 Å². The Balaban J connectivity index is 1.90. The lowest BCUT2D eigenvalue weighted by molar-refractivity contribution is 0.0690. The molecule has 5 nitrogen and oxygen atoms in total. The standard InChI is InChI=1S/C22H17FN2O3/c1-28-14-9-10-15-17(11-13-5-4-8-19(24-13)22(26)27)21(25-20(15)12-14)16-6-2-3-7-18(16)23/h2-10,12,25H,11H2,1H3,(H,26,27). The highest BCUT2D eigenvalue weighted by Gasteiger charge is 2.18. The lowest BCUT2D eigenvalue weighted by Crippen LogP contribution is -2.03. The van der Waals surface area contributed by atoms with Crippen LogP contribution in [-0.4, -0.2) is 28.2 Å². The van der Waals surface area contributed by atoms with Gasteiger partial charge in [0.25, 0.3) is 0 Å². The highest BCUT2D eigenvalue weighted by Crippen LogP contribution is 2.34. The van der Waals surface area contributed by atoms with Crippen LogP contribution < -0.4 is 4.74 Å². The number of carboxylic acids is 1. The van der Waals surface area contributed by atoms with Crippen LogP contribution in [-0.2, 0) is 6.42 Å². The second-order valence-corrected chi connectivity index (χ2v) is 6.37. The maximum absolute atomic E-state index is 14.5. The summed E-state index contributed by atoms with van der Waals surface area (Å²) in [6.07, 6.45) is 0.358. The minimum Gasteiger partial charge on any atom is -0.497 e. The number of aromatic amines is 1. The Morgan fingerprint density at radius 1 is 1.14 bits per heavy atom. The number of benzene rings is 2. The number of nitrogens with zero attached hydrogens (tertiary/aromatic N) is 1. The summed E-state index contributed by atoms with van der Waals surface area (Å²) >= 11 is 0. The fourth-order valence-corrected chi connectivity index (χ4v) is 3.32. The van der Waals surface area contributed by atoms with Crippen LogP contribution in [0.4, 0.5) is 4.39 Å². The number of aromatic nitrogens is 2. The zero-order valence-electron chi connectivity index (χ0n) is 15.1. The summed E-state index contributed by atoms with van der Waals surface area (Å²) in [4.78, 5) is 18.7. The molecule has 0 aliphatic carbocycles. The molecule has 0 saturated carbocycles. The first-order valence-electron chi connectivity index (χ1n) is 8.69. The Morgan fingerprint density at radius 2 is 1.96 bits per heavy atom. The summed E-state index contributed by atoms with van der Waals surface area (Å²) in [5.74, 6) is -0.735. The molecule has 0 aliphatic rings.